The Labute approximate surface area is 136 Å². The van der Waals surface area contributed by atoms with Crippen LogP contribution in [0.2, 0.25) is 0 Å². The van der Waals surface area contributed by atoms with E-state index in [1.54, 1.807) is 24.3 Å². The lowest BCUT2D eigenvalue weighted by Crippen LogP contribution is -2.44. The van der Waals surface area contributed by atoms with Crippen LogP contribution in [0.5, 0.6) is 0 Å². The van der Waals surface area contributed by atoms with Crippen LogP contribution in [0.15, 0.2) is 48.8 Å². The summed E-state index contributed by atoms with van der Waals surface area (Å²) >= 11 is 0. The summed E-state index contributed by atoms with van der Waals surface area (Å²) in [4.78, 5) is 37.1. The van der Waals surface area contributed by atoms with Crippen molar-refractivity contribution in [3.05, 3.63) is 59.6 Å². The van der Waals surface area contributed by atoms with Crippen LogP contribution in [0.4, 0.5) is 11.4 Å². The van der Waals surface area contributed by atoms with Crippen molar-refractivity contribution in [2.75, 3.05) is 23.4 Å². The monoisotopic (exact) mass is 327 g/mol. The number of benzene rings is 1. The van der Waals surface area contributed by atoms with Crippen LogP contribution in [0.3, 0.4) is 0 Å². The molecule has 1 aliphatic heterocycles. The van der Waals surface area contributed by atoms with Gasteiger partial charge in [0, 0.05) is 12.1 Å². The molecule has 8 nitrogen and oxygen atoms in total. The molecule has 0 aliphatic carbocycles. The second kappa shape index (κ2) is 6.37. The first-order valence-corrected chi connectivity index (χ1v) is 7.10. The van der Waals surface area contributed by atoms with E-state index in [4.69, 9.17) is 4.74 Å². The van der Waals surface area contributed by atoms with Gasteiger partial charge in [-0.1, -0.05) is 12.1 Å². The highest BCUT2D eigenvalue weighted by atomic mass is 16.5. The predicted molar refractivity (Wildman–Crippen MR) is 83.1 cm³/mol. The Morgan fingerprint density at radius 2 is 1.92 bits per heavy atom. The molecule has 1 aromatic carbocycles. The van der Waals surface area contributed by atoms with E-state index in [2.05, 4.69) is 5.32 Å². The first-order valence-electron chi connectivity index (χ1n) is 7.10. The second-order valence-corrected chi connectivity index (χ2v) is 5.07. The van der Waals surface area contributed by atoms with Gasteiger partial charge in [0.1, 0.15) is 6.54 Å². The average Bonchev–Trinajstić information content (AvgIpc) is 2.59. The van der Waals surface area contributed by atoms with Crippen LogP contribution in [0, 0.1) is 5.21 Å². The van der Waals surface area contributed by atoms with Gasteiger partial charge in [-0.2, -0.15) is 4.73 Å². The maximum atomic E-state index is 12.3. The molecule has 2 amide bonds. The molecular formula is C16H13N3O5. The van der Waals surface area contributed by atoms with E-state index < -0.39 is 18.5 Å². The van der Waals surface area contributed by atoms with Crippen molar-refractivity contribution in [2.24, 2.45) is 0 Å². The molecule has 1 aliphatic rings. The van der Waals surface area contributed by atoms with Gasteiger partial charge in [-0.15, -0.1) is 0 Å². The molecule has 1 N–H and O–H groups in total. The molecule has 0 radical (unpaired) electrons. The summed E-state index contributed by atoms with van der Waals surface area (Å²) < 4.78 is 5.49. The number of aromatic nitrogens is 1. The van der Waals surface area contributed by atoms with Crippen LogP contribution in [-0.4, -0.2) is 30.9 Å². The lowest BCUT2D eigenvalue weighted by atomic mass is 10.2. The zero-order chi connectivity index (χ0) is 17.1. The number of anilines is 2. The standard InChI is InChI=1S/C16H13N3O5/c20-14-9-19(13-4-2-1-3-12(13)17-14)15(21)10-24-16(22)11-5-7-18(23)8-6-11/h1-8H,9-10H2,(H,17,20). The highest BCUT2D eigenvalue weighted by molar-refractivity contribution is 6.10. The number of para-hydroxylation sites is 2. The number of fused-ring (bicyclic) bond motifs is 1. The molecule has 1 aromatic heterocycles. The molecule has 0 saturated carbocycles. The molecule has 0 fully saturated rings. The fraction of sp³-hybridized carbons (Fsp3) is 0.125. The average molecular weight is 327 g/mol. The maximum Gasteiger partial charge on any atom is 0.339 e. The SMILES string of the molecule is O=C1CN(C(=O)COC(=O)c2cc[n+]([O-])cc2)c2ccccc2N1. The molecule has 24 heavy (non-hydrogen) atoms. The summed E-state index contributed by atoms with van der Waals surface area (Å²) in [7, 11) is 0. The molecule has 0 saturated heterocycles. The van der Waals surface area contributed by atoms with Crippen molar-refractivity contribution >= 4 is 29.2 Å². The molecule has 8 heteroatoms. The number of esters is 1. The van der Waals surface area contributed by atoms with Crippen LogP contribution in [0.25, 0.3) is 0 Å². The van der Waals surface area contributed by atoms with E-state index in [1.807, 2.05) is 0 Å². The van der Waals surface area contributed by atoms with Gasteiger partial charge in [0.05, 0.1) is 16.9 Å². The maximum absolute atomic E-state index is 12.3. The summed E-state index contributed by atoms with van der Waals surface area (Å²) in [5.41, 5.74) is 1.23. The zero-order valence-electron chi connectivity index (χ0n) is 12.5. The number of carbonyl (C=O) groups is 3. The highest BCUT2D eigenvalue weighted by Gasteiger charge is 2.27. The molecule has 0 bridgehead atoms. The van der Waals surface area contributed by atoms with E-state index in [0.29, 0.717) is 16.1 Å². The fourth-order valence-corrected chi connectivity index (χ4v) is 2.29. The van der Waals surface area contributed by atoms with Crippen molar-refractivity contribution in [3.8, 4) is 0 Å². The molecule has 2 heterocycles. The Hall–Kier alpha value is -3.42. The van der Waals surface area contributed by atoms with Gasteiger partial charge in [-0.25, -0.2) is 4.79 Å². The first-order chi connectivity index (χ1) is 11.5. The molecule has 0 spiro atoms. The summed E-state index contributed by atoms with van der Waals surface area (Å²) in [5, 5.41) is 13.6. The number of nitrogens with zero attached hydrogens (tertiary/aromatic N) is 2. The van der Waals surface area contributed by atoms with E-state index >= 15 is 0 Å². The number of hydrogen-bond acceptors (Lipinski definition) is 5. The Morgan fingerprint density at radius 3 is 2.67 bits per heavy atom. The third kappa shape index (κ3) is 3.17. The topological polar surface area (TPSA) is 103 Å². The quantitative estimate of drug-likeness (QED) is 0.501. The van der Waals surface area contributed by atoms with E-state index in [0.717, 1.165) is 12.4 Å². The first kappa shape index (κ1) is 15.5. The van der Waals surface area contributed by atoms with Crippen LogP contribution in [0.1, 0.15) is 10.4 Å². The second-order valence-electron chi connectivity index (χ2n) is 5.07. The summed E-state index contributed by atoms with van der Waals surface area (Å²) in [6.07, 6.45) is 2.31. The van der Waals surface area contributed by atoms with E-state index in [-0.39, 0.29) is 18.0 Å². The van der Waals surface area contributed by atoms with Crippen LogP contribution >= 0.6 is 0 Å². The number of amides is 2. The number of carbonyl (C=O) groups excluding carboxylic acids is 3. The van der Waals surface area contributed by atoms with Gasteiger partial charge in [-0.05, 0) is 12.1 Å². The smallest absolute Gasteiger partial charge is 0.339 e. The van der Waals surface area contributed by atoms with Crippen molar-refractivity contribution in [2.45, 2.75) is 0 Å². The molecule has 2 aromatic rings. The Balaban J connectivity index is 1.68. The Bertz CT molecular complexity index is 804. The molecule has 0 unspecified atom stereocenters. The summed E-state index contributed by atoms with van der Waals surface area (Å²) in [6, 6.07) is 9.45. The molecular weight excluding hydrogens is 314 g/mol. The van der Waals surface area contributed by atoms with E-state index in [1.165, 1.54) is 17.0 Å². The minimum atomic E-state index is -0.723. The lowest BCUT2D eigenvalue weighted by molar-refractivity contribution is -0.605. The third-order valence-corrected chi connectivity index (χ3v) is 3.44. The normalized spacial score (nSPS) is 13.0. The summed E-state index contributed by atoms with van der Waals surface area (Å²) in [6.45, 7) is -0.651. The Kier molecular flexibility index (Phi) is 4.11. The zero-order valence-corrected chi connectivity index (χ0v) is 12.5. The van der Waals surface area contributed by atoms with Gasteiger partial charge in [0.15, 0.2) is 19.0 Å². The van der Waals surface area contributed by atoms with E-state index in [9.17, 15) is 19.6 Å². The minimum Gasteiger partial charge on any atom is -0.619 e. The van der Waals surface area contributed by atoms with Crippen LogP contribution in [-0.2, 0) is 14.3 Å². The lowest BCUT2D eigenvalue weighted by Gasteiger charge is -2.28. The Morgan fingerprint density at radius 1 is 1.21 bits per heavy atom. The largest absolute Gasteiger partial charge is 0.619 e. The summed E-state index contributed by atoms with van der Waals surface area (Å²) in [5.74, 6) is -1.56. The van der Waals surface area contributed by atoms with Gasteiger partial charge in [-0.3, -0.25) is 14.5 Å². The molecule has 0 atom stereocenters. The molecule has 122 valence electrons. The fourth-order valence-electron chi connectivity index (χ4n) is 2.29. The van der Waals surface area contributed by atoms with Gasteiger partial charge < -0.3 is 15.3 Å². The third-order valence-electron chi connectivity index (χ3n) is 3.44. The minimum absolute atomic E-state index is 0.144. The van der Waals surface area contributed by atoms with Crippen molar-refractivity contribution in [1.82, 2.24) is 0 Å². The number of pyridine rings is 1. The van der Waals surface area contributed by atoms with Crippen molar-refractivity contribution in [1.29, 1.82) is 0 Å². The van der Waals surface area contributed by atoms with Crippen molar-refractivity contribution in [3.63, 3.8) is 0 Å². The van der Waals surface area contributed by atoms with Gasteiger partial charge in [0.2, 0.25) is 5.91 Å². The number of ether oxygens (including phenoxy) is 1. The number of rotatable bonds is 3. The van der Waals surface area contributed by atoms with Gasteiger partial charge in [0.25, 0.3) is 5.91 Å². The molecule has 3 rings (SSSR count). The highest BCUT2D eigenvalue weighted by Crippen LogP contribution is 2.28. The van der Waals surface area contributed by atoms with Crippen LogP contribution < -0.4 is 14.9 Å². The predicted octanol–water partition coefficient (Wildman–Crippen LogP) is 0.462. The van der Waals surface area contributed by atoms with Gasteiger partial charge >= 0.3 is 5.97 Å². The number of hydrogen-bond donors (Lipinski definition) is 1. The number of nitrogens with one attached hydrogen (secondary N) is 1. The van der Waals surface area contributed by atoms with Crippen molar-refractivity contribution < 1.29 is 23.9 Å².